The maximum atomic E-state index is 10.2. The van der Waals surface area contributed by atoms with Gasteiger partial charge in [-0.15, -0.1) is 11.3 Å². The lowest BCUT2D eigenvalue weighted by Crippen LogP contribution is -3.06. The van der Waals surface area contributed by atoms with Gasteiger partial charge in [0.15, 0.2) is 11.5 Å². The zero-order valence-corrected chi connectivity index (χ0v) is 14.1. The number of phenols is 1. The number of para-hydroxylation sites is 1. The molecular weight excluding hydrogens is 296 g/mol. The lowest BCUT2D eigenvalue weighted by Gasteiger charge is -2.18. The first-order valence-corrected chi connectivity index (χ1v) is 8.29. The number of hydrogen-bond donors (Lipinski definition) is 2. The van der Waals surface area contributed by atoms with Gasteiger partial charge in [0.25, 0.3) is 0 Å². The number of hydrogen-bond acceptors (Lipinski definition) is 4. The summed E-state index contributed by atoms with van der Waals surface area (Å²) < 4.78 is 5.39. The Morgan fingerprint density at radius 3 is 2.77 bits per heavy atom. The van der Waals surface area contributed by atoms with E-state index in [4.69, 9.17) is 4.74 Å². The zero-order valence-electron chi connectivity index (χ0n) is 13.2. The fourth-order valence-electron chi connectivity index (χ4n) is 2.22. The topological polar surface area (TPSA) is 46.3 Å². The fourth-order valence-corrected chi connectivity index (χ4v) is 3.16. The van der Waals surface area contributed by atoms with Crippen LogP contribution in [0.4, 0.5) is 0 Å². The maximum Gasteiger partial charge on any atom is 0.166 e. The number of benzene rings is 1. The molecule has 0 aliphatic rings. The van der Waals surface area contributed by atoms with Crippen molar-refractivity contribution in [2.24, 2.45) is 4.99 Å². The van der Waals surface area contributed by atoms with Crippen molar-refractivity contribution in [1.29, 1.82) is 0 Å². The van der Waals surface area contributed by atoms with Crippen LogP contribution in [0.2, 0.25) is 0 Å². The van der Waals surface area contributed by atoms with Gasteiger partial charge in [0.05, 0.1) is 32.1 Å². The Bertz CT molecular complexity index is 609. The molecule has 22 heavy (non-hydrogen) atoms. The predicted molar refractivity (Wildman–Crippen MR) is 91.6 cm³/mol. The van der Waals surface area contributed by atoms with E-state index in [1.165, 1.54) is 9.78 Å². The van der Waals surface area contributed by atoms with Gasteiger partial charge in [-0.3, -0.25) is 4.99 Å². The van der Waals surface area contributed by atoms with Crippen LogP contribution in [-0.2, 0) is 0 Å². The van der Waals surface area contributed by atoms with Crippen LogP contribution >= 0.6 is 11.3 Å². The first kappa shape index (κ1) is 16.5. The van der Waals surface area contributed by atoms with Crippen molar-refractivity contribution in [3.63, 3.8) is 0 Å². The van der Waals surface area contributed by atoms with Gasteiger partial charge < -0.3 is 14.7 Å². The van der Waals surface area contributed by atoms with E-state index in [0.29, 0.717) is 30.5 Å². The van der Waals surface area contributed by atoms with Gasteiger partial charge in [0.1, 0.15) is 6.04 Å². The molecule has 0 aliphatic heterocycles. The Hall–Kier alpha value is -1.85. The Morgan fingerprint density at radius 2 is 2.14 bits per heavy atom. The lowest BCUT2D eigenvalue weighted by atomic mass is 10.2. The second-order valence-corrected chi connectivity index (χ2v) is 6.25. The van der Waals surface area contributed by atoms with Crippen LogP contribution in [0.5, 0.6) is 11.5 Å². The summed E-state index contributed by atoms with van der Waals surface area (Å²) in [4.78, 5) is 7.19. The number of ether oxygens (including phenoxy) is 1. The number of aromatic hydroxyl groups is 1. The van der Waals surface area contributed by atoms with Gasteiger partial charge in [0, 0.05) is 11.8 Å². The summed E-state index contributed by atoms with van der Waals surface area (Å²) in [7, 11) is 4.26. The molecule has 4 nitrogen and oxygen atoms in total. The van der Waals surface area contributed by atoms with Crippen molar-refractivity contribution in [2.75, 3.05) is 27.2 Å². The molecule has 0 radical (unpaired) electrons. The van der Waals surface area contributed by atoms with Gasteiger partial charge in [0.2, 0.25) is 0 Å². The molecule has 1 aromatic heterocycles. The van der Waals surface area contributed by atoms with Crippen molar-refractivity contribution in [3.05, 3.63) is 46.2 Å². The SMILES string of the molecule is CCOc1cccc(C=NC[C@H](c2cccs2)[NH+](C)C)c1O. The monoisotopic (exact) mass is 319 g/mol. The second-order valence-electron chi connectivity index (χ2n) is 5.27. The van der Waals surface area contributed by atoms with E-state index in [9.17, 15) is 5.11 Å². The summed E-state index contributed by atoms with van der Waals surface area (Å²) in [6.07, 6.45) is 1.72. The summed E-state index contributed by atoms with van der Waals surface area (Å²) >= 11 is 1.75. The molecule has 1 aromatic carbocycles. The average molecular weight is 319 g/mol. The van der Waals surface area contributed by atoms with Gasteiger partial charge in [-0.2, -0.15) is 0 Å². The highest BCUT2D eigenvalue weighted by molar-refractivity contribution is 7.10. The van der Waals surface area contributed by atoms with Crippen molar-refractivity contribution in [3.8, 4) is 11.5 Å². The highest BCUT2D eigenvalue weighted by atomic mass is 32.1. The number of thiophene rings is 1. The van der Waals surface area contributed by atoms with E-state index in [2.05, 4.69) is 36.6 Å². The van der Waals surface area contributed by atoms with E-state index in [-0.39, 0.29) is 5.75 Å². The smallest absolute Gasteiger partial charge is 0.166 e. The molecule has 0 bridgehead atoms. The Balaban J connectivity index is 2.10. The van der Waals surface area contributed by atoms with Gasteiger partial charge in [-0.25, -0.2) is 0 Å². The van der Waals surface area contributed by atoms with Crippen LogP contribution in [0.25, 0.3) is 0 Å². The third kappa shape index (κ3) is 4.08. The molecule has 5 heteroatoms. The summed E-state index contributed by atoms with van der Waals surface area (Å²) in [6, 6.07) is 9.99. The minimum absolute atomic E-state index is 0.151. The van der Waals surface area contributed by atoms with E-state index in [1.54, 1.807) is 23.6 Å². The number of aliphatic imine (C=N–C) groups is 1. The first-order chi connectivity index (χ1) is 10.6. The number of phenolic OH excluding ortho intramolecular Hbond substituents is 1. The number of nitrogens with one attached hydrogen (secondary N) is 1. The molecule has 0 aliphatic carbocycles. The molecule has 1 atom stereocenters. The summed E-state index contributed by atoms with van der Waals surface area (Å²) in [6.45, 7) is 3.10. The third-order valence-electron chi connectivity index (χ3n) is 3.43. The van der Waals surface area contributed by atoms with Crippen molar-refractivity contribution in [1.82, 2.24) is 0 Å². The molecule has 0 fully saturated rings. The van der Waals surface area contributed by atoms with Crippen molar-refractivity contribution >= 4 is 17.6 Å². The molecular formula is C17H23N2O2S+. The first-order valence-electron chi connectivity index (χ1n) is 7.41. The Kier molecular flexibility index (Phi) is 5.98. The van der Waals surface area contributed by atoms with Gasteiger partial charge in [-0.1, -0.05) is 12.1 Å². The molecule has 2 aromatic rings. The van der Waals surface area contributed by atoms with Crippen molar-refractivity contribution < 1.29 is 14.7 Å². The molecule has 0 spiro atoms. The number of likely N-dealkylation sites (N-methyl/N-ethyl adjacent to an activating group) is 1. The third-order valence-corrected chi connectivity index (χ3v) is 4.42. The van der Waals surface area contributed by atoms with Crippen molar-refractivity contribution in [2.45, 2.75) is 13.0 Å². The summed E-state index contributed by atoms with van der Waals surface area (Å²) in [5.74, 6) is 0.650. The summed E-state index contributed by atoms with van der Waals surface area (Å²) in [5.41, 5.74) is 0.685. The minimum atomic E-state index is 0.151. The molecule has 0 saturated heterocycles. The molecule has 2 rings (SSSR count). The number of rotatable bonds is 7. The average Bonchev–Trinajstić information content (AvgIpc) is 3.01. The Morgan fingerprint density at radius 1 is 1.32 bits per heavy atom. The molecule has 0 unspecified atom stereocenters. The van der Waals surface area contributed by atoms with Crippen LogP contribution in [0.3, 0.4) is 0 Å². The Labute approximate surface area is 135 Å². The number of quaternary nitrogens is 1. The fraction of sp³-hybridized carbons (Fsp3) is 0.353. The van der Waals surface area contributed by atoms with E-state index in [1.807, 2.05) is 19.1 Å². The molecule has 0 saturated carbocycles. The van der Waals surface area contributed by atoms with E-state index >= 15 is 0 Å². The van der Waals surface area contributed by atoms with Crippen LogP contribution in [0, 0.1) is 0 Å². The molecule has 2 N–H and O–H groups in total. The highest BCUT2D eigenvalue weighted by Crippen LogP contribution is 2.28. The predicted octanol–water partition coefficient (Wildman–Crippen LogP) is 2.16. The van der Waals surface area contributed by atoms with Crippen LogP contribution in [-0.4, -0.2) is 38.6 Å². The van der Waals surface area contributed by atoms with Crippen LogP contribution in [0.15, 0.2) is 40.7 Å². The van der Waals surface area contributed by atoms with E-state index < -0.39 is 0 Å². The number of nitrogens with zero attached hydrogens (tertiary/aromatic N) is 1. The van der Waals surface area contributed by atoms with Crippen LogP contribution in [0.1, 0.15) is 23.4 Å². The van der Waals surface area contributed by atoms with Gasteiger partial charge in [-0.05, 0) is 30.5 Å². The van der Waals surface area contributed by atoms with Crippen LogP contribution < -0.4 is 9.64 Å². The van der Waals surface area contributed by atoms with Gasteiger partial charge >= 0.3 is 0 Å². The molecule has 118 valence electrons. The largest absolute Gasteiger partial charge is 0.504 e. The zero-order chi connectivity index (χ0) is 15.9. The standard InChI is InChI=1S/C17H22N2O2S/c1-4-21-15-8-5-7-13(17(15)20)11-18-12-14(19(2)3)16-9-6-10-22-16/h5-11,14,20H,4,12H2,1-3H3/p+1/t14-/m1/s1. The molecule has 0 amide bonds. The lowest BCUT2D eigenvalue weighted by molar-refractivity contribution is -0.890. The highest BCUT2D eigenvalue weighted by Gasteiger charge is 2.17. The maximum absolute atomic E-state index is 10.2. The van der Waals surface area contributed by atoms with E-state index in [0.717, 1.165) is 0 Å². The normalized spacial score (nSPS) is 12.9. The second kappa shape index (κ2) is 7.96. The minimum Gasteiger partial charge on any atom is -0.504 e. The molecule has 1 heterocycles. The summed E-state index contributed by atoms with van der Waals surface area (Å²) in [5, 5.41) is 12.2. The quantitative estimate of drug-likeness (QED) is 0.768.